The number of hydrogen-bond acceptors (Lipinski definition) is 4. The van der Waals surface area contributed by atoms with Gasteiger partial charge in [0, 0.05) is 22.9 Å². The molecule has 0 bridgehead atoms. The first-order valence-electron chi connectivity index (χ1n) is 7.23. The van der Waals surface area contributed by atoms with E-state index in [2.05, 4.69) is 28.9 Å². The van der Waals surface area contributed by atoms with Gasteiger partial charge in [0.05, 0.1) is 19.8 Å². The van der Waals surface area contributed by atoms with Crippen LogP contribution in [0.1, 0.15) is 34.8 Å². The molecule has 1 saturated carbocycles. The van der Waals surface area contributed by atoms with Crippen LogP contribution < -0.4 is 5.32 Å². The molecule has 0 radical (unpaired) electrons. The molecule has 4 heteroatoms. The van der Waals surface area contributed by atoms with Gasteiger partial charge in [-0.1, -0.05) is 6.07 Å². The minimum atomic E-state index is 0.643. The molecule has 1 aliphatic carbocycles. The Labute approximate surface area is 124 Å². The van der Waals surface area contributed by atoms with Crippen LogP contribution in [0.3, 0.4) is 0 Å². The first-order chi connectivity index (χ1) is 9.81. The third kappa shape index (κ3) is 3.95. The Morgan fingerprint density at radius 1 is 1.45 bits per heavy atom. The van der Waals surface area contributed by atoms with Crippen LogP contribution in [-0.2, 0) is 24.3 Å². The fourth-order valence-corrected chi connectivity index (χ4v) is 2.85. The summed E-state index contributed by atoms with van der Waals surface area (Å²) in [5.74, 6) is 2.00. The number of aryl methyl sites for hydroxylation is 1. The predicted molar refractivity (Wildman–Crippen MR) is 81.0 cm³/mol. The first-order valence-corrected chi connectivity index (χ1v) is 8.11. The molecule has 2 heterocycles. The highest BCUT2D eigenvalue weighted by Crippen LogP contribution is 2.21. The van der Waals surface area contributed by atoms with Crippen molar-refractivity contribution in [1.82, 2.24) is 5.32 Å². The molecule has 0 unspecified atom stereocenters. The topological polar surface area (TPSA) is 34.4 Å². The highest BCUT2D eigenvalue weighted by atomic mass is 32.1. The zero-order valence-corrected chi connectivity index (χ0v) is 12.7. The number of nitrogens with one attached hydrogen (secondary N) is 1. The number of rotatable bonds is 8. The van der Waals surface area contributed by atoms with Crippen molar-refractivity contribution < 1.29 is 9.15 Å². The lowest BCUT2D eigenvalue weighted by molar-refractivity contribution is 0.123. The second-order valence-electron chi connectivity index (χ2n) is 5.33. The van der Waals surface area contributed by atoms with E-state index >= 15 is 0 Å². The molecule has 3 nitrogen and oxygen atoms in total. The Morgan fingerprint density at radius 2 is 2.35 bits per heavy atom. The number of ether oxygens (including phenoxy) is 1. The average molecular weight is 291 g/mol. The molecule has 0 aromatic carbocycles. The zero-order valence-electron chi connectivity index (χ0n) is 11.9. The molecule has 0 spiro atoms. The van der Waals surface area contributed by atoms with E-state index in [1.165, 1.54) is 23.3 Å². The molecule has 0 aliphatic heterocycles. The van der Waals surface area contributed by atoms with Gasteiger partial charge in [0.15, 0.2) is 0 Å². The van der Waals surface area contributed by atoms with Crippen molar-refractivity contribution in [3.8, 4) is 0 Å². The highest BCUT2D eigenvalue weighted by Gasteiger charge is 2.20. The second-order valence-corrected chi connectivity index (χ2v) is 6.36. The summed E-state index contributed by atoms with van der Waals surface area (Å²) in [6, 6.07) is 7.07. The summed E-state index contributed by atoms with van der Waals surface area (Å²) in [6.07, 6.45) is 3.60. The molecule has 1 fully saturated rings. The van der Waals surface area contributed by atoms with Gasteiger partial charge in [-0.05, 0) is 37.3 Å². The molecular weight excluding hydrogens is 270 g/mol. The molecule has 0 saturated heterocycles. The van der Waals surface area contributed by atoms with Crippen molar-refractivity contribution in [1.29, 1.82) is 0 Å². The van der Waals surface area contributed by atoms with Gasteiger partial charge in [-0.15, -0.1) is 11.3 Å². The van der Waals surface area contributed by atoms with Gasteiger partial charge in [-0.25, -0.2) is 0 Å². The van der Waals surface area contributed by atoms with Crippen molar-refractivity contribution in [3.63, 3.8) is 0 Å². The smallest absolute Gasteiger partial charge is 0.118 e. The molecule has 1 aliphatic rings. The Hall–Kier alpha value is -1.10. The van der Waals surface area contributed by atoms with Crippen LogP contribution in [-0.4, -0.2) is 12.6 Å². The monoisotopic (exact) mass is 291 g/mol. The Kier molecular flexibility index (Phi) is 4.55. The minimum absolute atomic E-state index is 0.643. The van der Waals surface area contributed by atoms with E-state index in [-0.39, 0.29) is 0 Å². The average Bonchev–Trinajstić information content (AvgIpc) is 2.99. The zero-order chi connectivity index (χ0) is 13.8. The lowest BCUT2D eigenvalue weighted by atomic mass is 10.2. The molecule has 108 valence electrons. The summed E-state index contributed by atoms with van der Waals surface area (Å²) in [5, 5.41) is 5.57. The van der Waals surface area contributed by atoms with Crippen molar-refractivity contribution in [2.24, 2.45) is 0 Å². The molecule has 1 N–H and O–H groups in total. The van der Waals surface area contributed by atoms with Crippen LogP contribution in [0.25, 0.3) is 0 Å². The number of furan rings is 1. The van der Waals surface area contributed by atoms with E-state index < -0.39 is 0 Å². The fourth-order valence-electron chi connectivity index (χ4n) is 2.16. The first kappa shape index (κ1) is 13.9. The van der Waals surface area contributed by atoms with Crippen LogP contribution >= 0.6 is 11.3 Å². The summed E-state index contributed by atoms with van der Waals surface area (Å²) >= 11 is 1.78. The summed E-state index contributed by atoms with van der Waals surface area (Å²) in [7, 11) is 0. The molecule has 0 atom stereocenters. The number of hydrogen-bond donors (Lipinski definition) is 1. The van der Waals surface area contributed by atoms with Crippen LogP contribution in [0.5, 0.6) is 0 Å². The van der Waals surface area contributed by atoms with E-state index in [1.54, 1.807) is 11.3 Å². The van der Waals surface area contributed by atoms with E-state index in [9.17, 15) is 0 Å². The summed E-state index contributed by atoms with van der Waals surface area (Å²) in [4.78, 5) is 1.38. The number of thiophene rings is 1. The van der Waals surface area contributed by atoms with Crippen molar-refractivity contribution in [2.75, 3.05) is 6.61 Å². The van der Waals surface area contributed by atoms with Crippen LogP contribution in [0.15, 0.2) is 28.0 Å². The van der Waals surface area contributed by atoms with Gasteiger partial charge in [-0.3, -0.25) is 0 Å². The summed E-state index contributed by atoms with van der Waals surface area (Å²) in [6.45, 7) is 4.25. The highest BCUT2D eigenvalue weighted by molar-refractivity contribution is 7.09. The van der Waals surface area contributed by atoms with E-state index in [0.717, 1.165) is 31.1 Å². The standard InChI is InChI=1S/C16H21NO2S/c1-12-13(9-15(19-12)10-17-14-4-5-14)11-18-7-6-16-3-2-8-20-16/h2-3,8-9,14,17H,4-7,10-11H2,1H3. The molecular formula is C16H21NO2S. The third-order valence-electron chi connectivity index (χ3n) is 3.54. The molecule has 0 amide bonds. The normalized spacial score (nSPS) is 14.8. The van der Waals surface area contributed by atoms with E-state index in [1.807, 2.05) is 6.92 Å². The maximum absolute atomic E-state index is 5.76. The van der Waals surface area contributed by atoms with Gasteiger partial charge in [0.1, 0.15) is 11.5 Å². The van der Waals surface area contributed by atoms with Gasteiger partial charge < -0.3 is 14.5 Å². The van der Waals surface area contributed by atoms with Crippen LogP contribution in [0.2, 0.25) is 0 Å². The van der Waals surface area contributed by atoms with Gasteiger partial charge >= 0.3 is 0 Å². The molecule has 2 aromatic heterocycles. The second kappa shape index (κ2) is 6.57. The van der Waals surface area contributed by atoms with Crippen molar-refractivity contribution >= 4 is 11.3 Å². The summed E-state index contributed by atoms with van der Waals surface area (Å²) < 4.78 is 11.5. The lowest BCUT2D eigenvalue weighted by Gasteiger charge is -2.01. The Morgan fingerprint density at radius 3 is 3.10 bits per heavy atom. The van der Waals surface area contributed by atoms with Crippen LogP contribution in [0.4, 0.5) is 0 Å². The van der Waals surface area contributed by atoms with Crippen molar-refractivity contribution in [2.45, 2.75) is 45.4 Å². The maximum Gasteiger partial charge on any atom is 0.118 e. The minimum Gasteiger partial charge on any atom is -0.465 e. The predicted octanol–water partition coefficient (Wildman–Crippen LogP) is 3.66. The molecule has 20 heavy (non-hydrogen) atoms. The SMILES string of the molecule is Cc1oc(CNC2CC2)cc1COCCc1cccs1. The summed E-state index contributed by atoms with van der Waals surface area (Å²) in [5.41, 5.74) is 1.17. The Bertz CT molecular complexity index is 529. The van der Waals surface area contributed by atoms with E-state index in [0.29, 0.717) is 12.6 Å². The van der Waals surface area contributed by atoms with Gasteiger partial charge in [0.25, 0.3) is 0 Å². The van der Waals surface area contributed by atoms with Crippen molar-refractivity contribution in [3.05, 3.63) is 45.5 Å². The lowest BCUT2D eigenvalue weighted by Crippen LogP contribution is -2.14. The molecule has 2 aromatic rings. The van der Waals surface area contributed by atoms with Gasteiger partial charge in [-0.2, -0.15) is 0 Å². The van der Waals surface area contributed by atoms with Gasteiger partial charge in [0.2, 0.25) is 0 Å². The quantitative estimate of drug-likeness (QED) is 0.754. The Balaban J connectivity index is 1.41. The third-order valence-corrected chi connectivity index (χ3v) is 4.48. The van der Waals surface area contributed by atoms with E-state index in [4.69, 9.17) is 9.15 Å². The largest absolute Gasteiger partial charge is 0.465 e. The fraction of sp³-hybridized carbons (Fsp3) is 0.500. The molecule has 3 rings (SSSR count). The van der Waals surface area contributed by atoms with Crippen LogP contribution in [0, 0.1) is 6.92 Å². The maximum atomic E-state index is 5.76.